The molecule has 0 saturated heterocycles. The lowest BCUT2D eigenvalue weighted by atomic mass is 10.1. The fourth-order valence-corrected chi connectivity index (χ4v) is 3.16. The molecule has 0 saturated carbocycles. The molecule has 0 aliphatic heterocycles. The van der Waals surface area contributed by atoms with Gasteiger partial charge in [0.15, 0.2) is 0 Å². The number of amides is 2. The number of benzene rings is 2. The van der Waals surface area contributed by atoms with E-state index < -0.39 is 6.04 Å². The first-order valence-electron chi connectivity index (χ1n) is 10.8. The van der Waals surface area contributed by atoms with Crippen molar-refractivity contribution in [2.45, 2.75) is 58.7 Å². The van der Waals surface area contributed by atoms with Crippen LogP contribution in [0.3, 0.4) is 0 Å². The fraction of sp³-hybridized carbons (Fsp3) is 0.440. The van der Waals surface area contributed by atoms with E-state index >= 15 is 0 Å². The second-order valence-electron chi connectivity index (χ2n) is 7.87. The summed E-state index contributed by atoms with van der Waals surface area (Å²) in [6.07, 6.45) is 1.75. The first-order valence-corrected chi connectivity index (χ1v) is 10.8. The number of hydrogen-bond donors (Lipinski definition) is 1. The van der Waals surface area contributed by atoms with Crippen LogP contribution in [-0.2, 0) is 27.3 Å². The predicted octanol–water partition coefficient (Wildman–Crippen LogP) is 4.11. The van der Waals surface area contributed by atoms with Crippen LogP contribution in [0, 0.1) is 5.82 Å². The lowest BCUT2D eigenvalue weighted by molar-refractivity contribution is -0.140. The number of nitrogens with zero attached hydrogens (tertiary/aromatic N) is 1. The summed E-state index contributed by atoms with van der Waals surface area (Å²) in [7, 11) is 0. The van der Waals surface area contributed by atoms with E-state index in [1.54, 1.807) is 24.0 Å². The molecule has 0 aliphatic carbocycles. The maximum atomic E-state index is 13.3. The molecule has 0 aromatic heterocycles. The minimum atomic E-state index is -0.639. The Morgan fingerprint density at radius 3 is 2.32 bits per heavy atom. The average molecular weight is 429 g/mol. The van der Waals surface area contributed by atoms with Crippen molar-refractivity contribution in [2.75, 3.05) is 13.2 Å². The van der Waals surface area contributed by atoms with Gasteiger partial charge in [-0.3, -0.25) is 9.59 Å². The zero-order chi connectivity index (χ0) is 22.6. The zero-order valence-corrected chi connectivity index (χ0v) is 18.6. The van der Waals surface area contributed by atoms with Gasteiger partial charge in [-0.25, -0.2) is 4.39 Å². The van der Waals surface area contributed by atoms with Gasteiger partial charge in [0, 0.05) is 26.1 Å². The summed E-state index contributed by atoms with van der Waals surface area (Å²) < 4.78 is 18.8. The number of aryl methyl sites for hydroxylation is 1. The molecule has 6 heteroatoms. The van der Waals surface area contributed by atoms with Gasteiger partial charge in [-0.1, -0.05) is 42.5 Å². The number of carbonyl (C=O) groups excluding carboxylic acids is 2. The van der Waals surface area contributed by atoms with Gasteiger partial charge in [0.1, 0.15) is 11.9 Å². The van der Waals surface area contributed by atoms with E-state index in [4.69, 9.17) is 4.74 Å². The highest BCUT2D eigenvalue weighted by Crippen LogP contribution is 2.13. The summed E-state index contributed by atoms with van der Waals surface area (Å²) in [5.41, 5.74) is 1.85. The summed E-state index contributed by atoms with van der Waals surface area (Å²) in [4.78, 5) is 27.3. The van der Waals surface area contributed by atoms with Gasteiger partial charge in [0.05, 0.1) is 6.10 Å². The van der Waals surface area contributed by atoms with Crippen LogP contribution in [0.15, 0.2) is 54.6 Å². The Balaban J connectivity index is 2.00. The number of rotatable bonds is 12. The minimum Gasteiger partial charge on any atom is -0.379 e. The van der Waals surface area contributed by atoms with Crippen molar-refractivity contribution in [3.63, 3.8) is 0 Å². The molecule has 1 unspecified atom stereocenters. The molecule has 0 aliphatic rings. The van der Waals surface area contributed by atoms with Crippen molar-refractivity contribution in [1.82, 2.24) is 10.2 Å². The molecule has 0 spiro atoms. The number of hydrogen-bond acceptors (Lipinski definition) is 3. The Morgan fingerprint density at radius 2 is 1.68 bits per heavy atom. The lowest BCUT2D eigenvalue weighted by Gasteiger charge is -2.29. The van der Waals surface area contributed by atoms with Crippen LogP contribution in [0.2, 0.25) is 0 Å². The molecule has 1 N–H and O–H groups in total. The van der Waals surface area contributed by atoms with Gasteiger partial charge in [-0.2, -0.15) is 0 Å². The number of ether oxygens (including phenoxy) is 1. The zero-order valence-electron chi connectivity index (χ0n) is 18.6. The Morgan fingerprint density at radius 1 is 1.00 bits per heavy atom. The molecule has 2 amide bonds. The van der Waals surface area contributed by atoms with E-state index in [0.717, 1.165) is 11.1 Å². The number of carbonyl (C=O) groups is 2. The second kappa shape index (κ2) is 12.8. The molecular formula is C25H33FN2O3. The van der Waals surface area contributed by atoms with E-state index in [9.17, 15) is 14.0 Å². The molecule has 0 heterocycles. The van der Waals surface area contributed by atoms with Gasteiger partial charge in [-0.15, -0.1) is 0 Å². The van der Waals surface area contributed by atoms with Crippen LogP contribution in [0.1, 0.15) is 44.7 Å². The van der Waals surface area contributed by atoms with Crippen LogP contribution in [-0.4, -0.2) is 42.0 Å². The van der Waals surface area contributed by atoms with Gasteiger partial charge in [-0.05, 0) is 56.9 Å². The lowest BCUT2D eigenvalue weighted by Crippen LogP contribution is -2.48. The Bertz CT molecular complexity index is 809. The second-order valence-corrected chi connectivity index (χ2v) is 7.87. The van der Waals surface area contributed by atoms with E-state index in [0.29, 0.717) is 32.4 Å². The molecule has 168 valence electrons. The normalized spacial score (nSPS) is 11.9. The number of halogens is 1. The molecule has 0 radical (unpaired) electrons. The van der Waals surface area contributed by atoms with Crippen molar-refractivity contribution >= 4 is 11.8 Å². The molecule has 1 atom stereocenters. The van der Waals surface area contributed by atoms with E-state index in [2.05, 4.69) is 5.32 Å². The third kappa shape index (κ3) is 8.89. The molecule has 2 rings (SSSR count). The first kappa shape index (κ1) is 24.5. The Kier molecular flexibility index (Phi) is 10.2. The van der Waals surface area contributed by atoms with Crippen LogP contribution in [0.25, 0.3) is 0 Å². The molecule has 0 fully saturated rings. The van der Waals surface area contributed by atoms with Crippen molar-refractivity contribution in [3.05, 3.63) is 71.5 Å². The standard InChI is InChI=1S/C25H33FN2O3/c1-19(2)31-17-7-16-27-25(30)20(3)28(18-22-10-13-23(26)14-11-22)24(29)15-12-21-8-5-4-6-9-21/h4-6,8-11,13-14,19-20H,7,12,15-18H2,1-3H3,(H,27,30). The van der Waals surface area contributed by atoms with E-state index in [1.165, 1.54) is 12.1 Å². The average Bonchev–Trinajstić information content (AvgIpc) is 2.76. The molecular weight excluding hydrogens is 395 g/mol. The molecule has 5 nitrogen and oxygen atoms in total. The number of nitrogens with one attached hydrogen (secondary N) is 1. The highest BCUT2D eigenvalue weighted by atomic mass is 19.1. The predicted molar refractivity (Wildman–Crippen MR) is 120 cm³/mol. The van der Waals surface area contributed by atoms with Crippen LogP contribution in [0.5, 0.6) is 0 Å². The van der Waals surface area contributed by atoms with Gasteiger partial charge < -0.3 is 15.0 Å². The van der Waals surface area contributed by atoms with Gasteiger partial charge in [0.2, 0.25) is 11.8 Å². The molecule has 0 bridgehead atoms. The van der Waals surface area contributed by atoms with Gasteiger partial charge in [0.25, 0.3) is 0 Å². The highest BCUT2D eigenvalue weighted by molar-refractivity contribution is 5.87. The SMILES string of the molecule is CC(C)OCCCNC(=O)C(C)N(Cc1ccc(F)cc1)C(=O)CCc1ccccc1. The minimum absolute atomic E-state index is 0.112. The largest absolute Gasteiger partial charge is 0.379 e. The maximum Gasteiger partial charge on any atom is 0.242 e. The van der Waals surface area contributed by atoms with Crippen LogP contribution in [0.4, 0.5) is 4.39 Å². The molecule has 2 aromatic carbocycles. The summed E-state index contributed by atoms with van der Waals surface area (Å²) >= 11 is 0. The quantitative estimate of drug-likeness (QED) is 0.518. The monoisotopic (exact) mass is 428 g/mol. The van der Waals surface area contributed by atoms with Crippen molar-refractivity contribution in [1.29, 1.82) is 0 Å². The Hall–Kier alpha value is -2.73. The molecule has 31 heavy (non-hydrogen) atoms. The van der Waals surface area contributed by atoms with Gasteiger partial charge >= 0.3 is 0 Å². The highest BCUT2D eigenvalue weighted by Gasteiger charge is 2.25. The fourth-order valence-electron chi connectivity index (χ4n) is 3.16. The van der Waals surface area contributed by atoms with Crippen molar-refractivity contribution in [2.24, 2.45) is 0 Å². The topological polar surface area (TPSA) is 58.6 Å². The van der Waals surface area contributed by atoms with E-state index in [-0.39, 0.29) is 30.3 Å². The first-order chi connectivity index (χ1) is 14.9. The van der Waals surface area contributed by atoms with Crippen LogP contribution < -0.4 is 5.32 Å². The van der Waals surface area contributed by atoms with E-state index in [1.807, 2.05) is 44.2 Å². The summed E-state index contributed by atoms with van der Waals surface area (Å²) in [6.45, 7) is 6.97. The Labute approximate surface area is 184 Å². The molecule has 2 aromatic rings. The third-order valence-electron chi connectivity index (χ3n) is 4.98. The third-order valence-corrected chi connectivity index (χ3v) is 4.98. The summed E-state index contributed by atoms with van der Waals surface area (Å²) in [6, 6.07) is 15.1. The maximum absolute atomic E-state index is 13.3. The van der Waals surface area contributed by atoms with Crippen LogP contribution >= 0.6 is 0 Å². The van der Waals surface area contributed by atoms with Crippen molar-refractivity contribution in [3.8, 4) is 0 Å². The smallest absolute Gasteiger partial charge is 0.242 e. The van der Waals surface area contributed by atoms with Crippen molar-refractivity contribution < 1.29 is 18.7 Å². The summed E-state index contributed by atoms with van der Waals surface area (Å²) in [5.74, 6) is -0.654. The summed E-state index contributed by atoms with van der Waals surface area (Å²) in [5, 5.41) is 2.89.